The first kappa shape index (κ1) is 17.8. The van der Waals surface area contributed by atoms with Crippen LogP contribution in [0.25, 0.3) is 10.9 Å². The molecule has 128 valence electrons. The average Bonchev–Trinajstić information content (AvgIpc) is 2.56. The Labute approximate surface area is 156 Å². The number of rotatable bonds is 5. The molecule has 0 radical (unpaired) electrons. The molecule has 1 heterocycles. The van der Waals surface area contributed by atoms with E-state index in [4.69, 9.17) is 16.3 Å². The summed E-state index contributed by atoms with van der Waals surface area (Å²) < 4.78 is 5.84. The van der Waals surface area contributed by atoms with Crippen LogP contribution >= 0.6 is 23.4 Å². The lowest BCUT2D eigenvalue weighted by molar-refractivity contribution is 0.101. The SMILES string of the molecule is CC(=O)c1ccc2nc(Oc3ccc(SC(C)C)cc3Cl)ccc2c1. The van der Waals surface area contributed by atoms with Gasteiger partial charge < -0.3 is 4.74 Å². The van der Waals surface area contributed by atoms with Crippen LogP contribution in [0.1, 0.15) is 31.1 Å². The van der Waals surface area contributed by atoms with Crippen molar-refractivity contribution >= 4 is 40.0 Å². The van der Waals surface area contributed by atoms with E-state index < -0.39 is 0 Å². The molecule has 0 unspecified atom stereocenters. The van der Waals surface area contributed by atoms with E-state index in [1.165, 1.54) is 0 Å². The van der Waals surface area contributed by atoms with Crippen LogP contribution in [-0.4, -0.2) is 16.0 Å². The highest BCUT2D eigenvalue weighted by Gasteiger charge is 2.08. The maximum Gasteiger partial charge on any atom is 0.219 e. The van der Waals surface area contributed by atoms with Crippen molar-refractivity contribution in [3.63, 3.8) is 0 Å². The van der Waals surface area contributed by atoms with Gasteiger partial charge in [-0.2, -0.15) is 0 Å². The predicted molar refractivity (Wildman–Crippen MR) is 104 cm³/mol. The van der Waals surface area contributed by atoms with Gasteiger partial charge in [-0.1, -0.05) is 25.4 Å². The summed E-state index contributed by atoms with van der Waals surface area (Å²) in [5, 5.41) is 1.94. The van der Waals surface area contributed by atoms with Gasteiger partial charge in [0.25, 0.3) is 0 Å². The first-order valence-corrected chi connectivity index (χ1v) is 9.24. The highest BCUT2D eigenvalue weighted by Crippen LogP contribution is 2.34. The van der Waals surface area contributed by atoms with Gasteiger partial charge in [0, 0.05) is 27.2 Å². The van der Waals surface area contributed by atoms with E-state index in [-0.39, 0.29) is 5.78 Å². The smallest absolute Gasteiger partial charge is 0.219 e. The summed E-state index contributed by atoms with van der Waals surface area (Å²) in [6.45, 7) is 5.83. The Kier molecular flexibility index (Phi) is 5.30. The summed E-state index contributed by atoms with van der Waals surface area (Å²) in [6, 6.07) is 14.8. The molecular weight excluding hydrogens is 354 g/mol. The standard InChI is InChI=1S/C20H18ClNO2S/c1-12(2)25-16-6-8-19(17(21)11-16)24-20-9-5-15-10-14(13(3)23)4-7-18(15)22-20/h4-12H,1-3H3. The number of halogens is 1. The molecule has 0 N–H and O–H groups in total. The number of aromatic nitrogens is 1. The van der Waals surface area contributed by atoms with Gasteiger partial charge in [0.05, 0.1) is 10.5 Å². The summed E-state index contributed by atoms with van der Waals surface area (Å²) in [5.74, 6) is 1.07. The summed E-state index contributed by atoms with van der Waals surface area (Å²) in [4.78, 5) is 17.1. The molecule has 0 saturated heterocycles. The van der Waals surface area contributed by atoms with Gasteiger partial charge in [0.2, 0.25) is 5.88 Å². The molecule has 0 amide bonds. The second kappa shape index (κ2) is 7.46. The Balaban J connectivity index is 1.85. The number of carbonyl (C=O) groups is 1. The fraction of sp³-hybridized carbons (Fsp3) is 0.200. The Morgan fingerprint density at radius 1 is 1.12 bits per heavy atom. The van der Waals surface area contributed by atoms with E-state index in [0.29, 0.717) is 27.5 Å². The molecule has 3 aromatic rings. The number of Topliss-reactive ketones (excluding diaryl/α,β-unsaturated/α-hetero) is 1. The summed E-state index contributed by atoms with van der Waals surface area (Å²) in [6.07, 6.45) is 0. The van der Waals surface area contributed by atoms with E-state index in [9.17, 15) is 4.79 Å². The minimum Gasteiger partial charge on any atom is -0.437 e. The molecule has 0 aliphatic rings. The number of pyridine rings is 1. The normalized spacial score (nSPS) is 11.1. The van der Waals surface area contributed by atoms with Crippen LogP contribution in [0.3, 0.4) is 0 Å². The fourth-order valence-electron chi connectivity index (χ4n) is 2.41. The zero-order valence-corrected chi connectivity index (χ0v) is 15.8. The van der Waals surface area contributed by atoms with Crippen LogP contribution < -0.4 is 4.74 Å². The van der Waals surface area contributed by atoms with Gasteiger partial charge in [-0.25, -0.2) is 4.98 Å². The zero-order chi connectivity index (χ0) is 18.0. The van der Waals surface area contributed by atoms with Crippen molar-refractivity contribution in [1.29, 1.82) is 0 Å². The summed E-state index contributed by atoms with van der Waals surface area (Å²) >= 11 is 8.08. The average molecular weight is 372 g/mol. The van der Waals surface area contributed by atoms with E-state index in [2.05, 4.69) is 18.8 Å². The van der Waals surface area contributed by atoms with Gasteiger partial charge >= 0.3 is 0 Å². The van der Waals surface area contributed by atoms with E-state index in [1.807, 2.05) is 36.4 Å². The Morgan fingerprint density at radius 3 is 2.60 bits per heavy atom. The van der Waals surface area contributed by atoms with Crippen molar-refractivity contribution in [3.05, 3.63) is 59.1 Å². The number of carbonyl (C=O) groups excluding carboxylic acids is 1. The van der Waals surface area contributed by atoms with Crippen molar-refractivity contribution in [2.24, 2.45) is 0 Å². The van der Waals surface area contributed by atoms with Crippen molar-refractivity contribution in [3.8, 4) is 11.6 Å². The molecule has 3 rings (SSSR count). The van der Waals surface area contributed by atoms with Crippen LogP contribution in [0.4, 0.5) is 0 Å². The van der Waals surface area contributed by atoms with Crippen LogP contribution in [0.15, 0.2) is 53.4 Å². The molecule has 0 bridgehead atoms. The van der Waals surface area contributed by atoms with E-state index in [0.717, 1.165) is 15.8 Å². The molecule has 0 aliphatic carbocycles. The maximum absolute atomic E-state index is 11.5. The maximum atomic E-state index is 11.5. The second-order valence-electron chi connectivity index (χ2n) is 5.97. The number of nitrogens with zero attached hydrogens (tertiary/aromatic N) is 1. The number of thioether (sulfide) groups is 1. The molecule has 0 atom stereocenters. The third kappa shape index (κ3) is 4.33. The Hall–Kier alpha value is -2.04. The molecule has 0 saturated carbocycles. The molecule has 0 fully saturated rings. The largest absolute Gasteiger partial charge is 0.437 e. The molecule has 2 aromatic carbocycles. The first-order chi connectivity index (χ1) is 11.9. The third-order valence-electron chi connectivity index (χ3n) is 3.56. The molecule has 0 aliphatic heterocycles. The summed E-state index contributed by atoms with van der Waals surface area (Å²) in [5.41, 5.74) is 1.44. The number of hydrogen-bond donors (Lipinski definition) is 0. The summed E-state index contributed by atoms with van der Waals surface area (Å²) in [7, 11) is 0. The second-order valence-corrected chi connectivity index (χ2v) is 8.03. The topological polar surface area (TPSA) is 39.2 Å². The monoisotopic (exact) mass is 371 g/mol. The predicted octanol–water partition coefficient (Wildman–Crippen LogP) is 6.38. The van der Waals surface area contributed by atoms with Crippen molar-refractivity contribution in [2.45, 2.75) is 30.9 Å². The molecule has 0 spiro atoms. The van der Waals surface area contributed by atoms with Crippen LogP contribution in [-0.2, 0) is 0 Å². The lowest BCUT2D eigenvalue weighted by atomic mass is 10.1. The molecule has 5 heteroatoms. The van der Waals surface area contributed by atoms with Crippen molar-refractivity contribution in [1.82, 2.24) is 4.98 Å². The van der Waals surface area contributed by atoms with Crippen LogP contribution in [0, 0.1) is 0 Å². The number of fused-ring (bicyclic) bond motifs is 1. The van der Waals surface area contributed by atoms with E-state index in [1.54, 1.807) is 30.8 Å². The third-order valence-corrected chi connectivity index (χ3v) is 4.85. The number of ether oxygens (including phenoxy) is 1. The fourth-order valence-corrected chi connectivity index (χ4v) is 3.57. The number of benzene rings is 2. The number of hydrogen-bond acceptors (Lipinski definition) is 4. The lowest BCUT2D eigenvalue weighted by Crippen LogP contribution is -1.93. The van der Waals surface area contributed by atoms with Crippen LogP contribution in [0.2, 0.25) is 5.02 Å². The Morgan fingerprint density at radius 2 is 1.92 bits per heavy atom. The molecule has 25 heavy (non-hydrogen) atoms. The minimum atomic E-state index is 0.0355. The highest BCUT2D eigenvalue weighted by molar-refractivity contribution is 7.99. The first-order valence-electron chi connectivity index (χ1n) is 7.98. The quantitative estimate of drug-likeness (QED) is 0.385. The van der Waals surface area contributed by atoms with Gasteiger partial charge in [-0.05, 0) is 49.4 Å². The van der Waals surface area contributed by atoms with Crippen molar-refractivity contribution in [2.75, 3.05) is 0 Å². The van der Waals surface area contributed by atoms with Gasteiger partial charge in [0.15, 0.2) is 5.78 Å². The Bertz CT molecular complexity index is 940. The zero-order valence-electron chi connectivity index (χ0n) is 14.2. The van der Waals surface area contributed by atoms with Crippen LogP contribution in [0.5, 0.6) is 11.6 Å². The molecular formula is C20H18ClNO2S. The van der Waals surface area contributed by atoms with Gasteiger partial charge in [0.1, 0.15) is 5.75 Å². The minimum absolute atomic E-state index is 0.0355. The lowest BCUT2D eigenvalue weighted by Gasteiger charge is -2.10. The van der Waals surface area contributed by atoms with Gasteiger partial charge in [-0.3, -0.25) is 4.79 Å². The van der Waals surface area contributed by atoms with E-state index >= 15 is 0 Å². The molecule has 1 aromatic heterocycles. The highest BCUT2D eigenvalue weighted by atomic mass is 35.5. The van der Waals surface area contributed by atoms with Crippen molar-refractivity contribution < 1.29 is 9.53 Å². The molecule has 3 nitrogen and oxygen atoms in total. The number of ketones is 1. The van der Waals surface area contributed by atoms with Gasteiger partial charge in [-0.15, -0.1) is 11.8 Å².